The number of hydrogen-bond acceptors (Lipinski definition) is 2. The minimum Gasteiger partial charge on any atom is -0.311 e. The maximum absolute atomic E-state index is 4.50. The maximum atomic E-state index is 4.50. The fourth-order valence-corrected chi connectivity index (χ4v) is 2.84. The Bertz CT molecular complexity index is 354. The molecule has 1 fully saturated rings. The predicted octanol–water partition coefficient (Wildman–Crippen LogP) is 3.70. The van der Waals surface area contributed by atoms with Gasteiger partial charge in [0.25, 0.3) is 0 Å². The smallest absolute Gasteiger partial charge is 0.0544 e. The van der Waals surface area contributed by atoms with E-state index in [2.05, 4.69) is 29.4 Å². The third-order valence-corrected chi connectivity index (χ3v) is 4.12. The third-order valence-electron chi connectivity index (χ3n) is 4.12. The van der Waals surface area contributed by atoms with Crippen LogP contribution in [0.15, 0.2) is 18.2 Å². The van der Waals surface area contributed by atoms with Gasteiger partial charge in [0.05, 0.1) is 5.69 Å². The summed E-state index contributed by atoms with van der Waals surface area (Å²) < 4.78 is 0. The Morgan fingerprint density at radius 1 is 1.22 bits per heavy atom. The van der Waals surface area contributed by atoms with Crippen LogP contribution in [0.4, 0.5) is 0 Å². The number of nitrogens with one attached hydrogen (secondary N) is 1. The number of hydrogen-bond donors (Lipinski definition) is 1. The van der Waals surface area contributed by atoms with Crippen molar-refractivity contribution in [3.63, 3.8) is 0 Å². The lowest BCUT2D eigenvalue weighted by molar-refractivity contribution is 0.275. The molecule has 0 bridgehead atoms. The molecule has 0 spiro atoms. The minimum absolute atomic E-state index is 0.908. The van der Waals surface area contributed by atoms with Gasteiger partial charge in [-0.1, -0.05) is 38.7 Å². The second kappa shape index (κ2) is 6.89. The van der Waals surface area contributed by atoms with Gasteiger partial charge in [-0.15, -0.1) is 0 Å². The van der Waals surface area contributed by atoms with Crippen LogP contribution in [-0.2, 0) is 6.54 Å². The highest BCUT2D eigenvalue weighted by molar-refractivity contribution is 5.09. The van der Waals surface area contributed by atoms with Gasteiger partial charge in [-0.2, -0.15) is 0 Å². The van der Waals surface area contributed by atoms with Gasteiger partial charge < -0.3 is 5.32 Å². The van der Waals surface area contributed by atoms with Gasteiger partial charge >= 0.3 is 0 Å². The Kier molecular flexibility index (Phi) is 5.18. The van der Waals surface area contributed by atoms with Crippen LogP contribution in [0, 0.1) is 18.8 Å². The molecule has 1 saturated carbocycles. The van der Waals surface area contributed by atoms with Crippen LogP contribution < -0.4 is 5.32 Å². The molecule has 2 heteroatoms. The molecule has 1 N–H and O–H groups in total. The molecule has 0 aromatic carbocycles. The van der Waals surface area contributed by atoms with Crippen LogP contribution in [-0.4, -0.2) is 11.5 Å². The molecule has 0 amide bonds. The molecule has 1 aromatic heterocycles. The number of nitrogens with zero attached hydrogens (tertiary/aromatic N) is 1. The Balaban J connectivity index is 1.61. The van der Waals surface area contributed by atoms with Crippen LogP contribution in [0.25, 0.3) is 0 Å². The van der Waals surface area contributed by atoms with E-state index in [4.69, 9.17) is 0 Å². The predicted molar refractivity (Wildman–Crippen MR) is 76.4 cm³/mol. The van der Waals surface area contributed by atoms with Gasteiger partial charge in [0.1, 0.15) is 0 Å². The molecule has 100 valence electrons. The van der Waals surface area contributed by atoms with Crippen molar-refractivity contribution in [2.24, 2.45) is 11.8 Å². The quantitative estimate of drug-likeness (QED) is 0.801. The molecule has 1 heterocycles. The monoisotopic (exact) mass is 246 g/mol. The molecule has 0 radical (unpaired) electrons. The minimum atomic E-state index is 0.908. The maximum Gasteiger partial charge on any atom is 0.0544 e. The van der Waals surface area contributed by atoms with E-state index in [9.17, 15) is 0 Å². The van der Waals surface area contributed by atoms with Crippen molar-refractivity contribution in [2.75, 3.05) is 6.54 Å². The van der Waals surface area contributed by atoms with Crippen LogP contribution >= 0.6 is 0 Å². The first-order valence-corrected chi connectivity index (χ1v) is 7.37. The van der Waals surface area contributed by atoms with Gasteiger partial charge in [-0.25, -0.2) is 0 Å². The summed E-state index contributed by atoms with van der Waals surface area (Å²) in [6.45, 7) is 6.48. The Labute approximate surface area is 111 Å². The lowest BCUT2D eigenvalue weighted by Gasteiger charge is -2.26. The highest BCUT2D eigenvalue weighted by Crippen LogP contribution is 2.29. The van der Waals surface area contributed by atoms with Gasteiger partial charge in [0, 0.05) is 12.2 Å². The van der Waals surface area contributed by atoms with Gasteiger partial charge in [-0.05, 0) is 43.9 Å². The summed E-state index contributed by atoms with van der Waals surface area (Å²) >= 11 is 0. The van der Waals surface area contributed by atoms with E-state index in [0.29, 0.717) is 0 Å². The number of aromatic nitrogens is 1. The average Bonchev–Trinajstić information content (AvgIpc) is 2.37. The highest BCUT2D eigenvalue weighted by atomic mass is 14.9. The summed E-state index contributed by atoms with van der Waals surface area (Å²) in [5.41, 5.74) is 2.27. The van der Waals surface area contributed by atoms with Crippen LogP contribution in [0.1, 0.15) is 50.4 Å². The van der Waals surface area contributed by atoms with Crippen LogP contribution in [0.5, 0.6) is 0 Å². The first-order chi connectivity index (χ1) is 8.74. The molecule has 1 aliphatic carbocycles. The van der Waals surface area contributed by atoms with Crippen molar-refractivity contribution in [3.8, 4) is 0 Å². The van der Waals surface area contributed by atoms with Gasteiger partial charge in [-0.3, -0.25) is 4.98 Å². The van der Waals surface area contributed by atoms with Gasteiger partial charge in [0.15, 0.2) is 0 Å². The summed E-state index contributed by atoms with van der Waals surface area (Å²) in [6, 6.07) is 6.23. The molecular weight excluding hydrogens is 220 g/mol. The standard InChI is InChI=1S/C16H26N2/c1-13-6-8-15(9-7-13)10-11-17-12-16-5-3-4-14(2)18-16/h3-5,13,15,17H,6-12H2,1-2H3. The van der Waals surface area contributed by atoms with E-state index in [1.807, 2.05) is 13.0 Å². The Hall–Kier alpha value is -0.890. The van der Waals surface area contributed by atoms with E-state index in [0.717, 1.165) is 36.3 Å². The zero-order valence-electron chi connectivity index (χ0n) is 11.8. The summed E-state index contributed by atoms with van der Waals surface area (Å²) in [4.78, 5) is 4.50. The normalized spacial score (nSPS) is 24.1. The Morgan fingerprint density at radius 2 is 2.00 bits per heavy atom. The molecule has 1 aliphatic rings. The second-order valence-corrected chi connectivity index (χ2v) is 5.86. The van der Waals surface area contributed by atoms with Gasteiger partial charge in [0.2, 0.25) is 0 Å². The number of pyridine rings is 1. The first kappa shape index (κ1) is 13.5. The summed E-state index contributed by atoms with van der Waals surface area (Å²) in [6.07, 6.45) is 7.07. The van der Waals surface area contributed by atoms with Crippen molar-refractivity contribution < 1.29 is 0 Å². The van der Waals surface area contributed by atoms with E-state index in [1.54, 1.807) is 0 Å². The first-order valence-electron chi connectivity index (χ1n) is 7.37. The van der Waals surface area contributed by atoms with Crippen molar-refractivity contribution in [1.82, 2.24) is 10.3 Å². The zero-order valence-corrected chi connectivity index (χ0v) is 11.8. The van der Waals surface area contributed by atoms with Crippen molar-refractivity contribution in [2.45, 2.75) is 52.5 Å². The van der Waals surface area contributed by atoms with Crippen LogP contribution in [0.2, 0.25) is 0 Å². The fraction of sp³-hybridized carbons (Fsp3) is 0.688. The summed E-state index contributed by atoms with van der Waals surface area (Å²) in [5.74, 6) is 1.92. The van der Waals surface area contributed by atoms with Crippen molar-refractivity contribution in [1.29, 1.82) is 0 Å². The SMILES string of the molecule is Cc1cccc(CNCCC2CCC(C)CC2)n1. The zero-order chi connectivity index (χ0) is 12.8. The summed E-state index contributed by atoms with van der Waals surface area (Å²) in [7, 11) is 0. The van der Waals surface area contributed by atoms with Crippen molar-refractivity contribution in [3.05, 3.63) is 29.6 Å². The second-order valence-electron chi connectivity index (χ2n) is 5.86. The van der Waals surface area contributed by atoms with Crippen molar-refractivity contribution >= 4 is 0 Å². The molecule has 2 nitrogen and oxygen atoms in total. The third kappa shape index (κ3) is 4.41. The lowest BCUT2D eigenvalue weighted by Crippen LogP contribution is -2.21. The number of rotatable bonds is 5. The Morgan fingerprint density at radius 3 is 2.72 bits per heavy atom. The van der Waals surface area contributed by atoms with E-state index < -0.39 is 0 Å². The molecule has 2 rings (SSSR count). The molecule has 0 atom stereocenters. The number of aryl methyl sites for hydroxylation is 1. The fourth-order valence-electron chi connectivity index (χ4n) is 2.84. The van der Waals surface area contributed by atoms with E-state index in [1.165, 1.54) is 32.1 Å². The summed E-state index contributed by atoms with van der Waals surface area (Å²) in [5, 5.41) is 3.52. The molecular formula is C16H26N2. The molecule has 1 aromatic rings. The van der Waals surface area contributed by atoms with Crippen LogP contribution in [0.3, 0.4) is 0 Å². The highest BCUT2D eigenvalue weighted by Gasteiger charge is 2.17. The molecule has 0 saturated heterocycles. The molecule has 18 heavy (non-hydrogen) atoms. The molecule has 0 unspecified atom stereocenters. The lowest BCUT2D eigenvalue weighted by atomic mass is 9.81. The largest absolute Gasteiger partial charge is 0.311 e. The van der Waals surface area contributed by atoms with E-state index in [-0.39, 0.29) is 0 Å². The molecule has 0 aliphatic heterocycles. The average molecular weight is 246 g/mol. The van der Waals surface area contributed by atoms with E-state index >= 15 is 0 Å². The topological polar surface area (TPSA) is 24.9 Å².